The minimum absolute atomic E-state index is 0.0253. The third-order valence-corrected chi connectivity index (χ3v) is 6.40. The molecule has 0 spiro atoms. The van der Waals surface area contributed by atoms with E-state index in [4.69, 9.17) is 14.5 Å². The highest BCUT2D eigenvalue weighted by atomic mass is 16.5. The monoisotopic (exact) mass is 482 g/mol. The second-order valence-corrected chi connectivity index (χ2v) is 9.08. The lowest BCUT2D eigenvalue weighted by molar-refractivity contribution is -0.129. The zero-order valence-electron chi connectivity index (χ0n) is 21.1. The number of ketones is 1. The van der Waals surface area contributed by atoms with Gasteiger partial charge in [0.15, 0.2) is 5.82 Å². The van der Waals surface area contributed by atoms with Gasteiger partial charge in [-0.15, -0.1) is 0 Å². The van der Waals surface area contributed by atoms with Crippen molar-refractivity contribution in [1.29, 1.82) is 0 Å². The summed E-state index contributed by atoms with van der Waals surface area (Å²) in [7, 11) is 1.63. The molecule has 1 amide bonds. The second-order valence-electron chi connectivity index (χ2n) is 9.08. The number of hydrogen-bond donors (Lipinski definition) is 2. The normalized spacial score (nSPS) is 17.3. The number of rotatable bonds is 8. The van der Waals surface area contributed by atoms with Crippen LogP contribution in [-0.4, -0.2) is 72.5 Å². The number of aromatic nitrogens is 2. The Morgan fingerprint density at radius 1 is 1.23 bits per heavy atom. The number of anilines is 3. The fourth-order valence-corrected chi connectivity index (χ4v) is 4.40. The van der Waals surface area contributed by atoms with E-state index in [9.17, 15) is 9.59 Å². The summed E-state index contributed by atoms with van der Waals surface area (Å²) in [4.78, 5) is 38.2. The molecule has 188 valence electrons. The molecule has 0 aliphatic carbocycles. The molecule has 2 aliphatic rings. The molecular weight excluding hydrogens is 448 g/mol. The van der Waals surface area contributed by atoms with Crippen molar-refractivity contribution in [2.75, 3.05) is 55.4 Å². The van der Waals surface area contributed by atoms with Gasteiger partial charge in [-0.1, -0.05) is 13.8 Å². The summed E-state index contributed by atoms with van der Waals surface area (Å²) in [5.74, 6) is 2.67. The minimum Gasteiger partial charge on any atom is -0.496 e. The summed E-state index contributed by atoms with van der Waals surface area (Å²) in [5.41, 5.74) is 1.97. The minimum atomic E-state index is -0.343. The van der Waals surface area contributed by atoms with Crippen LogP contribution in [0.25, 0.3) is 0 Å². The van der Waals surface area contributed by atoms with Gasteiger partial charge in [-0.25, -0.2) is 4.98 Å². The summed E-state index contributed by atoms with van der Waals surface area (Å²) in [6.07, 6.45) is 0. The number of hydrogen-bond acceptors (Lipinski definition) is 9. The third kappa shape index (κ3) is 5.11. The van der Waals surface area contributed by atoms with E-state index in [1.54, 1.807) is 14.0 Å². The topological polar surface area (TPSA) is 109 Å². The Kier molecular flexibility index (Phi) is 7.28. The van der Waals surface area contributed by atoms with Gasteiger partial charge in [0.05, 0.1) is 19.8 Å². The number of nitrogens with zero attached hydrogens (tertiary/aromatic N) is 4. The molecule has 0 bridgehead atoms. The van der Waals surface area contributed by atoms with Crippen LogP contribution in [0.2, 0.25) is 0 Å². The molecular formula is C25H34N6O4. The first-order valence-corrected chi connectivity index (χ1v) is 12.1. The average Bonchev–Trinajstić information content (AvgIpc) is 3.20. The molecule has 2 aliphatic heterocycles. The number of fused-ring (bicyclic) bond motifs is 1. The molecule has 1 unspecified atom stereocenters. The van der Waals surface area contributed by atoms with Crippen LogP contribution in [0.1, 0.15) is 43.7 Å². The average molecular weight is 483 g/mol. The zero-order valence-corrected chi connectivity index (χ0v) is 21.1. The first-order chi connectivity index (χ1) is 16.8. The summed E-state index contributed by atoms with van der Waals surface area (Å²) in [6, 6.07) is 5.38. The number of carbonyl (C=O) groups is 2. The molecule has 10 nitrogen and oxygen atoms in total. The van der Waals surface area contributed by atoms with E-state index in [1.807, 2.05) is 48.8 Å². The predicted octanol–water partition coefficient (Wildman–Crippen LogP) is 2.80. The number of benzene rings is 1. The van der Waals surface area contributed by atoms with E-state index in [-0.39, 0.29) is 23.7 Å². The SMILES string of the molecule is CCOc1ccc(CNc2nc(N3CCN(C(C)=O)CC3)nc3c2NC(C(C)C)C3=O)c(OC)c1. The molecule has 3 heterocycles. The van der Waals surface area contributed by atoms with E-state index in [0.29, 0.717) is 68.2 Å². The summed E-state index contributed by atoms with van der Waals surface area (Å²) in [6.45, 7) is 11.0. The van der Waals surface area contributed by atoms with Gasteiger partial charge in [0, 0.05) is 51.3 Å². The van der Waals surface area contributed by atoms with Crippen molar-refractivity contribution < 1.29 is 19.1 Å². The molecule has 1 aromatic carbocycles. The Hall–Kier alpha value is -3.56. The van der Waals surface area contributed by atoms with Crippen LogP contribution in [0.3, 0.4) is 0 Å². The maximum atomic E-state index is 13.2. The van der Waals surface area contributed by atoms with E-state index in [2.05, 4.69) is 15.6 Å². The van der Waals surface area contributed by atoms with Gasteiger partial charge in [0.25, 0.3) is 0 Å². The molecule has 1 fully saturated rings. The molecule has 1 atom stereocenters. The molecule has 4 rings (SSSR count). The lowest BCUT2D eigenvalue weighted by Gasteiger charge is -2.34. The van der Waals surface area contributed by atoms with Gasteiger partial charge < -0.3 is 29.9 Å². The van der Waals surface area contributed by atoms with Crippen LogP contribution in [0.15, 0.2) is 18.2 Å². The number of Topliss-reactive ketones (excluding diaryl/α,β-unsaturated/α-hetero) is 1. The Balaban J connectivity index is 1.62. The van der Waals surface area contributed by atoms with Crippen molar-refractivity contribution in [1.82, 2.24) is 14.9 Å². The molecule has 35 heavy (non-hydrogen) atoms. The zero-order chi connectivity index (χ0) is 25.1. The highest BCUT2D eigenvalue weighted by molar-refractivity contribution is 6.11. The smallest absolute Gasteiger partial charge is 0.228 e. The Morgan fingerprint density at radius 3 is 2.60 bits per heavy atom. The van der Waals surface area contributed by atoms with Gasteiger partial charge in [-0.2, -0.15) is 4.98 Å². The first kappa shape index (κ1) is 24.6. The van der Waals surface area contributed by atoms with Gasteiger partial charge in [-0.3, -0.25) is 9.59 Å². The highest BCUT2D eigenvalue weighted by Crippen LogP contribution is 2.36. The maximum absolute atomic E-state index is 13.2. The molecule has 1 aromatic heterocycles. The second kappa shape index (κ2) is 10.4. The molecule has 2 aromatic rings. The summed E-state index contributed by atoms with van der Waals surface area (Å²) in [5, 5.41) is 6.73. The fraction of sp³-hybridized carbons (Fsp3) is 0.520. The van der Waals surface area contributed by atoms with Crippen LogP contribution in [-0.2, 0) is 11.3 Å². The van der Waals surface area contributed by atoms with Crippen molar-refractivity contribution in [2.45, 2.75) is 40.3 Å². The van der Waals surface area contributed by atoms with Crippen LogP contribution < -0.4 is 25.0 Å². The van der Waals surface area contributed by atoms with Crippen molar-refractivity contribution in [2.24, 2.45) is 5.92 Å². The predicted molar refractivity (Wildman–Crippen MR) is 135 cm³/mol. The Bertz CT molecular complexity index is 1100. The van der Waals surface area contributed by atoms with E-state index in [1.165, 1.54) is 0 Å². The lowest BCUT2D eigenvalue weighted by Crippen LogP contribution is -2.48. The van der Waals surface area contributed by atoms with Crippen molar-refractivity contribution in [3.05, 3.63) is 29.5 Å². The number of ether oxygens (including phenoxy) is 2. The third-order valence-electron chi connectivity index (χ3n) is 6.40. The Morgan fingerprint density at radius 2 is 1.97 bits per heavy atom. The first-order valence-electron chi connectivity index (χ1n) is 12.1. The van der Waals surface area contributed by atoms with Gasteiger partial charge in [0.2, 0.25) is 17.6 Å². The number of amides is 1. The highest BCUT2D eigenvalue weighted by Gasteiger charge is 2.37. The largest absolute Gasteiger partial charge is 0.496 e. The van der Waals surface area contributed by atoms with Gasteiger partial charge >= 0.3 is 0 Å². The standard InChI is InChI=1S/C25H34N6O4/c1-6-35-18-8-7-17(19(13-18)34-5)14-26-24-22-21(23(33)20(27-22)15(2)3)28-25(29-24)31-11-9-30(10-12-31)16(4)32/h7-8,13,15,20,27H,6,9-12,14H2,1-5H3,(H,26,28,29). The molecule has 2 N–H and O–H groups in total. The number of methoxy groups -OCH3 is 1. The molecule has 0 saturated carbocycles. The Labute approximate surface area is 206 Å². The van der Waals surface area contributed by atoms with Crippen LogP contribution in [0, 0.1) is 5.92 Å². The summed E-state index contributed by atoms with van der Waals surface area (Å²) >= 11 is 0. The molecule has 1 saturated heterocycles. The summed E-state index contributed by atoms with van der Waals surface area (Å²) < 4.78 is 11.1. The van der Waals surface area contributed by atoms with E-state index < -0.39 is 0 Å². The quantitative estimate of drug-likeness (QED) is 0.587. The number of carbonyl (C=O) groups excluding carboxylic acids is 2. The van der Waals surface area contributed by atoms with E-state index in [0.717, 1.165) is 11.3 Å². The van der Waals surface area contributed by atoms with Gasteiger partial charge in [0.1, 0.15) is 22.9 Å². The van der Waals surface area contributed by atoms with Crippen LogP contribution >= 0.6 is 0 Å². The van der Waals surface area contributed by atoms with Crippen molar-refractivity contribution >= 4 is 29.1 Å². The van der Waals surface area contributed by atoms with Crippen LogP contribution in [0.4, 0.5) is 17.5 Å². The van der Waals surface area contributed by atoms with Crippen molar-refractivity contribution in [3.63, 3.8) is 0 Å². The van der Waals surface area contributed by atoms with Crippen LogP contribution in [0.5, 0.6) is 11.5 Å². The van der Waals surface area contributed by atoms with Gasteiger partial charge in [-0.05, 0) is 25.0 Å². The lowest BCUT2D eigenvalue weighted by atomic mass is 10.0. The number of piperazine rings is 1. The molecule has 10 heteroatoms. The van der Waals surface area contributed by atoms with E-state index >= 15 is 0 Å². The van der Waals surface area contributed by atoms with Crippen molar-refractivity contribution in [3.8, 4) is 11.5 Å². The maximum Gasteiger partial charge on any atom is 0.228 e. The number of nitrogens with one attached hydrogen (secondary N) is 2. The molecule has 0 radical (unpaired) electrons. The fourth-order valence-electron chi connectivity index (χ4n) is 4.40.